The summed E-state index contributed by atoms with van der Waals surface area (Å²) in [6.45, 7) is -1.26. The maximum Gasteiger partial charge on any atom is 1.00 e. The van der Waals surface area contributed by atoms with Crippen LogP contribution in [0.5, 0.6) is 5.75 Å². The predicted molar refractivity (Wildman–Crippen MR) is 54.9 cm³/mol. The van der Waals surface area contributed by atoms with E-state index in [1.165, 1.54) is 12.1 Å². The minimum absolute atomic E-state index is 0. The third-order valence-electron chi connectivity index (χ3n) is 2.01. The summed E-state index contributed by atoms with van der Waals surface area (Å²) in [6.07, 6.45) is 0. The quantitative estimate of drug-likeness (QED) is 0.571. The van der Waals surface area contributed by atoms with E-state index in [-0.39, 0.29) is 57.1 Å². The van der Waals surface area contributed by atoms with Crippen LogP contribution in [0.4, 0.5) is 17.3 Å². The second-order valence-corrected chi connectivity index (χ2v) is 3.43. The molecule has 0 aliphatic carbocycles. The van der Waals surface area contributed by atoms with E-state index in [1.54, 1.807) is 6.92 Å². The molecule has 7 heteroatoms. The van der Waals surface area contributed by atoms with Crippen molar-refractivity contribution in [2.45, 2.75) is 6.92 Å². The monoisotopic (exact) mass is 272 g/mol. The third kappa shape index (κ3) is 5.57. The molecule has 1 aromatic rings. The number of hydrogen-bond acceptors (Lipinski definition) is 1. The molecule has 1 nitrogen and oxygen atoms in total. The first-order valence-electron chi connectivity index (χ1n) is 4.57. The van der Waals surface area contributed by atoms with Gasteiger partial charge >= 0.3 is 58.4 Å². The van der Waals surface area contributed by atoms with Gasteiger partial charge in [0.2, 0.25) is 0 Å². The van der Waals surface area contributed by atoms with Gasteiger partial charge in [-0.05, 0) is 30.7 Å². The molecule has 1 aromatic carbocycles. The summed E-state index contributed by atoms with van der Waals surface area (Å²) in [5, 5.41) is 0. The van der Waals surface area contributed by atoms with Crippen molar-refractivity contribution in [3.05, 3.63) is 41.6 Å². The van der Waals surface area contributed by atoms with Gasteiger partial charge in [0.15, 0.2) is 0 Å². The third-order valence-corrected chi connectivity index (χ3v) is 2.01. The molecule has 0 fully saturated rings. The van der Waals surface area contributed by atoms with E-state index in [9.17, 15) is 17.3 Å². The van der Waals surface area contributed by atoms with Crippen LogP contribution in [0.15, 0.2) is 30.3 Å². The van der Waals surface area contributed by atoms with Gasteiger partial charge in [-0.15, -0.1) is 12.1 Å². The number of hydrogen-bond donors (Lipinski definition) is 0. The molecular formula is C10H10BF4KO. The van der Waals surface area contributed by atoms with Gasteiger partial charge < -0.3 is 17.7 Å². The molecule has 17 heavy (non-hydrogen) atoms. The summed E-state index contributed by atoms with van der Waals surface area (Å²) in [4.78, 5) is 0. The Hall–Kier alpha value is 0.181. The number of halogens is 4. The molecule has 0 atom stereocenters. The van der Waals surface area contributed by atoms with Crippen LogP contribution in [0.1, 0.15) is 5.56 Å². The van der Waals surface area contributed by atoms with Crippen molar-refractivity contribution < 1.29 is 73.5 Å². The van der Waals surface area contributed by atoms with E-state index < -0.39 is 24.9 Å². The van der Waals surface area contributed by atoms with Crippen molar-refractivity contribution in [3.8, 4) is 5.75 Å². The predicted octanol–water partition coefficient (Wildman–Crippen LogP) is 0.460. The maximum absolute atomic E-state index is 12.7. The first kappa shape index (κ1) is 17.2. The van der Waals surface area contributed by atoms with Gasteiger partial charge in [-0.1, -0.05) is 0 Å². The second kappa shape index (κ2) is 6.94. The number of aryl methyl sites for hydroxylation is 1. The van der Waals surface area contributed by atoms with Crippen molar-refractivity contribution in [1.82, 2.24) is 0 Å². The van der Waals surface area contributed by atoms with Crippen LogP contribution in [-0.4, -0.2) is 13.6 Å². The Morgan fingerprint density at radius 3 is 2.41 bits per heavy atom. The van der Waals surface area contributed by atoms with E-state index in [1.807, 2.05) is 0 Å². The Labute approximate surface area is 140 Å². The maximum atomic E-state index is 12.7. The van der Waals surface area contributed by atoms with Gasteiger partial charge in [-0.3, -0.25) is 0 Å². The van der Waals surface area contributed by atoms with Crippen LogP contribution < -0.4 is 56.1 Å². The molecule has 0 saturated heterocycles. The topological polar surface area (TPSA) is 9.23 Å². The standard InChI is InChI=1S/C10H10BF4O.K/c1-7-5-9(12)3-4-10(7)16-6-8(2)11(13,14)15;/h3-5H,2,6H2,1H3;/q-1;+1. The zero-order chi connectivity index (χ0) is 12.3. The summed E-state index contributed by atoms with van der Waals surface area (Å²) < 4.78 is 54.0. The van der Waals surface area contributed by atoms with Gasteiger partial charge in [0.1, 0.15) is 11.6 Å². The molecule has 0 saturated carbocycles. The van der Waals surface area contributed by atoms with E-state index >= 15 is 0 Å². The molecule has 0 radical (unpaired) electrons. The Balaban J connectivity index is 0.00000256. The van der Waals surface area contributed by atoms with E-state index in [4.69, 9.17) is 4.74 Å². The number of rotatable bonds is 4. The molecule has 1 rings (SSSR count). The van der Waals surface area contributed by atoms with Crippen molar-refractivity contribution in [2.24, 2.45) is 0 Å². The summed E-state index contributed by atoms with van der Waals surface area (Å²) in [5.74, 6) is -0.230. The van der Waals surface area contributed by atoms with Crippen molar-refractivity contribution in [1.29, 1.82) is 0 Å². The first-order chi connectivity index (χ1) is 7.30. The summed E-state index contributed by atoms with van der Waals surface area (Å²) in [5.41, 5.74) is -0.466. The zero-order valence-corrected chi connectivity index (χ0v) is 12.8. The van der Waals surface area contributed by atoms with E-state index in [0.717, 1.165) is 6.07 Å². The van der Waals surface area contributed by atoms with Gasteiger partial charge in [-0.2, -0.15) is 0 Å². The van der Waals surface area contributed by atoms with Gasteiger partial charge in [-0.25, -0.2) is 4.39 Å². The Kier molecular flexibility index (Phi) is 7.01. The largest absolute Gasteiger partial charge is 1.00 e. The minimum atomic E-state index is -5.08. The van der Waals surface area contributed by atoms with Crippen LogP contribution in [-0.2, 0) is 0 Å². The Bertz CT molecular complexity index is 406. The fourth-order valence-corrected chi connectivity index (χ4v) is 1.04. The average Bonchev–Trinajstić information content (AvgIpc) is 2.14. The fraction of sp³-hybridized carbons (Fsp3) is 0.200. The fourth-order valence-electron chi connectivity index (χ4n) is 1.04. The molecule has 0 aliphatic rings. The molecule has 0 unspecified atom stereocenters. The van der Waals surface area contributed by atoms with E-state index in [2.05, 4.69) is 6.58 Å². The Morgan fingerprint density at radius 1 is 1.35 bits per heavy atom. The van der Waals surface area contributed by atoms with Crippen LogP contribution >= 0.6 is 0 Å². The van der Waals surface area contributed by atoms with Crippen molar-refractivity contribution in [2.75, 3.05) is 6.61 Å². The summed E-state index contributed by atoms with van der Waals surface area (Å²) >= 11 is 0. The van der Waals surface area contributed by atoms with Crippen LogP contribution in [0.25, 0.3) is 0 Å². The SMILES string of the molecule is C=C(COc1ccc(F)cc1C)[B-](F)(F)F.[K+]. The molecule has 0 bridgehead atoms. The minimum Gasteiger partial charge on any atom is -0.492 e. The summed E-state index contributed by atoms with van der Waals surface area (Å²) in [6, 6.07) is 3.61. The molecule has 0 spiro atoms. The number of benzene rings is 1. The smallest absolute Gasteiger partial charge is 0.492 e. The molecule has 0 heterocycles. The molecule has 0 amide bonds. The zero-order valence-electron chi connectivity index (χ0n) is 9.64. The summed E-state index contributed by atoms with van der Waals surface area (Å²) in [7, 11) is 0. The van der Waals surface area contributed by atoms with Crippen molar-refractivity contribution in [3.63, 3.8) is 0 Å². The van der Waals surface area contributed by atoms with E-state index in [0.29, 0.717) is 5.56 Å². The normalized spacial score (nSPS) is 10.6. The molecule has 88 valence electrons. The molecule has 0 aliphatic heterocycles. The van der Waals surface area contributed by atoms with Crippen LogP contribution in [0.2, 0.25) is 0 Å². The van der Waals surface area contributed by atoms with Gasteiger partial charge in [0, 0.05) is 0 Å². The molecule has 0 aromatic heterocycles. The first-order valence-corrected chi connectivity index (χ1v) is 4.57. The average molecular weight is 272 g/mol. The van der Waals surface area contributed by atoms with Crippen LogP contribution in [0, 0.1) is 12.7 Å². The van der Waals surface area contributed by atoms with Crippen molar-refractivity contribution >= 4 is 6.98 Å². The second-order valence-electron chi connectivity index (χ2n) is 3.43. The molecular weight excluding hydrogens is 262 g/mol. The molecule has 0 N–H and O–H groups in total. The number of ether oxygens (including phenoxy) is 1. The van der Waals surface area contributed by atoms with Crippen LogP contribution in [0.3, 0.4) is 0 Å². The van der Waals surface area contributed by atoms with Gasteiger partial charge in [0.05, 0.1) is 6.61 Å². The van der Waals surface area contributed by atoms with Gasteiger partial charge in [0.25, 0.3) is 0 Å². The Morgan fingerprint density at radius 2 is 1.94 bits per heavy atom.